The zero-order valence-corrected chi connectivity index (χ0v) is 9.03. The Labute approximate surface area is 89.8 Å². The van der Waals surface area contributed by atoms with Crippen LogP contribution in [0.5, 0.6) is 0 Å². The highest BCUT2D eigenvalue weighted by atomic mass is 16.5. The number of nitriles is 1. The summed E-state index contributed by atoms with van der Waals surface area (Å²) in [4.78, 5) is 13.4. The molecule has 0 aromatic carbocycles. The largest absolute Gasteiger partial charge is 0.373 e. The van der Waals surface area contributed by atoms with Crippen LogP contribution in [0.4, 0.5) is 0 Å². The zero-order valence-electron chi connectivity index (χ0n) is 9.03. The van der Waals surface area contributed by atoms with Crippen molar-refractivity contribution in [2.24, 2.45) is 5.92 Å². The van der Waals surface area contributed by atoms with E-state index in [9.17, 15) is 4.79 Å². The van der Waals surface area contributed by atoms with Gasteiger partial charge in [-0.3, -0.25) is 4.79 Å². The highest BCUT2D eigenvalue weighted by Gasteiger charge is 2.37. The Morgan fingerprint density at radius 2 is 2.53 bits per heavy atom. The second-order valence-corrected chi connectivity index (χ2v) is 4.71. The topological polar surface area (TPSA) is 53.3 Å². The maximum Gasteiger partial charge on any atom is 0.224 e. The molecule has 2 saturated heterocycles. The van der Waals surface area contributed by atoms with Crippen molar-refractivity contribution in [1.82, 2.24) is 4.90 Å². The summed E-state index contributed by atoms with van der Waals surface area (Å²) in [6.07, 6.45) is 2.46. The Balaban J connectivity index is 1.95. The lowest BCUT2D eigenvalue weighted by Gasteiger charge is -2.29. The fraction of sp³-hybridized carbons (Fsp3) is 0.818. The number of ether oxygens (including phenoxy) is 1. The van der Waals surface area contributed by atoms with E-state index in [0.29, 0.717) is 19.5 Å². The van der Waals surface area contributed by atoms with Gasteiger partial charge in [-0.05, 0) is 19.8 Å². The zero-order chi connectivity index (χ0) is 10.9. The summed E-state index contributed by atoms with van der Waals surface area (Å²) in [7, 11) is 0. The molecule has 2 heterocycles. The second-order valence-electron chi connectivity index (χ2n) is 4.71. The van der Waals surface area contributed by atoms with E-state index in [-0.39, 0.29) is 17.4 Å². The number of carbonyl (C=O) groups is 1. The number of likely N-dealkylation sites (tertiary alicyclic amines) is 1. The number of carbonyl (C=O) groups excluding carboxylic acids is 1. The maximum absolute atomic E-state index is 11.6. The van der Waals surface area contributed by atoms with Crippen molar-refractivity contribution in [2.45, 2.75) is 31.8 Å². The SMILES string of the molecule is CC1(CN2CC(C#N)CC2=O)CCCO1. The van der Waals surface area contributed by atoms with Crippen molar-refractivity contribution in [3.8, 4) is 6.07 Å². The Hall–Kier alpha value is -1.08. The molecule has 0 aromatic rings. The van der Waals surface area contributed by atoms with E-state index in [1.54, 1.807) is 4.90 Å². The molecule has 2 aliphatic heterocycles. The van der Waals surface area contributed by atoms with Crippen LogP contribution in [0.15, 0.2) is 0 Å². The number of amides is 1. The molecule has 2 unspecified atom stereocenters. The molecule has 0 aromatic heterocycles. The lowest BCUT2D eigenvalue weighted by atomic mass is 10.0. The van der Waals surface area contributed by atoms with Gasteiger partial charge >= 0.3 is 0 Å². The van der Waals surface area contributed by atoms with Crippen molar-refractivity contribution in [3.05, 3.63) is 0 Å². The molecule has 0 spiro atoms. The smallest absolute Gasteiger partial charge is 0.224 e. The number of hydrogen-bond donors (Lipinski definition) is 0. The third-order valence-electron chi connectivity index (χ3n) is 3.22. The van der Waals surface area contributed by atoms with Crippen LogP contribution in [0, 0.1) is 17.2 Å². The minimum atomic E-state index is -0.181. The van der Waals surface area contributed by atoms with Crippen molar-refractivity contribution in [3.63, 3.8) is 0 Å². The standard InChI is InChI=1S/C11H16N2O2/c1-11(3-2-4-15-11)8-13-7-9(6-12)5-10(13)14/h9H,2-5,7-8H2,1H3. The van der Waals surface area contributed by atoms with Gasteiger partial charge in [0.15, 0.2) is 0 Å². The van der Waals surface area contributed by atoms with Gasteiger partial charge in [0.05, 0.1) is 17.6 Å². The molecule has 2 rings (SSSR count). The molecule has 0 saturated carbocycles. The van der Waals surface area contributed by atoms with E-state index in [1.165, 1.54) is 0 Å². The number of nitrogens with zero attached hydrogens (tertiary/aromatic N) is 2. The van der Waals surface area contributed by atoms with Crippen LogP contribution in [0.25, 0.3) is 0 Å². The van der Waals surface area contributed by atoms with Crippen LogP contribution in [0.2, 0.25) is 0 Å². The summed E-state index contributed by atoms with van der Waals surface area (Å²) < 4.78 is 5.64. The highest BCUT2D eigenvalue weighted by Crippen LogP contribution is 2.28. The first kappa shape index (κ1) is 10.4. The van der Waals surface area contributed by atoms with Crippen molar-refractivity contribution in [2.75, 3.05) is 19.7 Å². The quantitative estimate of drug-likeness (QED) is 0.678. The molecule has 1 amide bonds. The fourth-order valence-corrected chi connectivity index (χ4v) is 2.38. The molecule has 15 heavy (non-hydrogen) atoms. The average Bonchev–Trinajstić information content (AvgIpc) is 2.75. The van der Waals surface area contributed by atoms with Crippen molar-refractivity contribution in [1.29, 1.82) is 5.26 Å². The molecule has 4 heteroatoms. The van der Waals surface area contributed by atoms with Gasteiger partial charge in [-0.15, -0.1) is 0 Å². The van der Waals surface area contributed by atoms with Crippen LogP contribution in [0.1, 0.15) is 26.2 Å². The molecule has 0 bridgehead atoms. The van der Waals surface area contributed by atoms with Crippen LogP contribution < -0.4 is 0 Å². The van der Waals surface area contributed by atoms with Gasteiger partial charge in [0.25, 0.3) is 0 Å². The maximum atomic E-state index is 11.6. The first-order valence-electron chi connectivity index (χ1n) is 5.44. The summed E-state index contributed by atoms with van der Waals surface area (Å²) in [5.41, 5.74) is -0.181. The van der Waals surface area contributed by atoms with E-state index < -0.39 is 0 Å². The summed E-state index contributed by atoms with van der Waals surface area (Å²) >= 11 is 0. The van der Waals surface area contributed by atoms with Crippen molar-refractivity contribution >= 4 is 5.91 Å². The predicted octanol–water partition coefficient (Wildman–Crippen LogP) is 0.928. The third-order valence-corrected chi connectivity index (χ3v) is 3.22. The highest BCUT2D eigenvalue weighted by molar-refractivity contribution is 5.79. The minimum Gasteiger partial charge on any atom is -0.373 e. The first-order chi connectivity index (χ1) is 7.13. The lowest BCUT2D eigenvalue weighted by Crippen LogP contribution is -2.41. The number of hydrogen-bond acceptors (Lipinski definition) is 3. The normalized spacial score (nSPS) is 35.9. The molecule has 2 fully saturated rings. The average molecular weight is 208 g/mol. The molecular weight excluding hydrogens is 192 g/mol. The molecule has 82 valence electrons. The van der Waals surface area contributed by atoms with Gasteiger partial charge < -0.3 is 9.64 Å². The van der Waals surface area contributed by atoms with E-state index in [0.717, 1.165) is 19.4 Å². The predicted molar refractivity (Wildman–Crippen MR) is 53.9 cm³/mol. The van der Waals surface area contributed by atoms with E-state index >= 15 is 0 Å². The summed E-state index contributed by atoms with van der Waals surface area (Å²) in [6, 6.07) is 2.16. The molecule has 0 N–H and O–H groups in total. The van der Waals surface area contributed by atoms with Gasteiger partial charge in [-0.2, -0.15) is 5.26 Å². The van der Waals surface area contributed by atoms with Crippen LogP contribution in [0.3, 0.4) is 0 Å². The Kier molecular flexibility index (Phi) is 2.66. The second kappa shape index (κ2) is 3.82. The van der Waals surface area contributed by atoms with Gasteiger partial charge in [0.1, 0.15) is 0 Å². The van der Waals surface area contributed by atoms with Crippen LogP contribution >= 0.6 is 0 Å². The Morgan fingerprint density at radius 3 is 3.07 bits per heavy atom. The molecule has 0 radical (unpaired) electrons. The fourth-order valence-electron chi connectivity index (χ4n) is 2.38. The van der Waals surface area contributed by atoms with Gasteiger partial charge in [-0.25, -0.2) is 0 Å². The molecular formula is C11H16N2O2. The Morgan fingerprint density at radius 1 is 1.73 bits per heavy atom. The van der Waals surface area contributed by atoms with E-state index in [2.05, 4.69) is 6.07 Å². The number of rotatable bonds is 2. The third kappa shape index (κ3) is 2.13. The molecule has 2 aliphatic rings. The van der Waals surface area contributed by atoms with Crippen molar-refractivity contribution < 1.29 is 9.53 Å². The van der Waals surface area contributed by atoms with E-state index in [4.69, 9.17) is 10.00 Å². The minimum absolute atomic E-state index is 0.0956. The summed E-state index contributed by atoms with van der Waals surface area (Å²) in [5, 5.41) is 8.77. The molecule has 2 atom stereocenters. The Bertz CT molecular complexity index is 302. The first-order valence-corrected chi connectivity index (χ1v) is 5.44. The van der Waals surface area contributed by atoms with Crippen LogP contribution in [-0.4, -0.2) is 36.1 Å². The monoisotopic (exact) mass is 208 g/mol. The molecule has 4 nitrogen and oxygen atoms in total. The van der Waals surface area contributed by atoms with E-state index in [1.807, 2.05) is 6.92 Å². The summed E-state index contributed by atoms with van der Waals surface area (Å²) in [6.45, 7) is 4.06. The van der Waals surface area contributed by atoms with Crippen LogP contribution in [-0.2, 0) is 9.53 Å². The summed E-state index contributed by atoms with van der Waals surface area (Å²) in [5.74, 6) is -0.0271. The molecule has 0 aliphatic carbocycles. The van der Waals surface area contributed by atoms with Gasteiger partial charge in [-0.1, -0.05) is 0 Å². The lowest BCUT2D eigenvalue weighted by molar-refractivity contribution is -0.130. The van der Waals surface area contributed by atoms with Gasteiger partial charge in [0, 0.05) is 26.1 Å². The van der Waals surface area contributed by atoms with Gasteiger partial charge in [0.2, 0.25) is 5.91 Å².